The maximum absolute atomic E-state index is 12.2. The summed E-state index contributed by atoms with van der Waals surface area (Å²) >= 11 is 3.43. The number of amides is 1. The quantitative estimate of drug-likeness (QED) is 0.805. The number of carbonyl (C=O) groups excluding carboxylic acids is 1. The molecule has 0 saturated heterocycles. The molecule has 1 N–H and O–H groups in total. The molecule has 0 fully saturated rings. The fourth-order valence-electron chi connectivity index (χ4n) is 1.76. The summed E-state index contributed by atoms with van der Waals surface area (Å²) in [5.41, 5.74) is 2.38. The number of nitrogens with one attached hydrogen (secondary N) is 1. The molecule has 0 aliphatic heterocycles. The van der Waals surface area contributed by atoms with Crippen molar-refractivity contribution in [3.05, 3.63) is 70.7 Å². The van der Waals surface area contributed by atoms with Gasteiger partial charge in [-0.1, -0.05) is 40.7 Å². The largest absolute Gasteiger partial charge is 0.489 e. The van der Waals surface area contributed by atoms with Crippen LogP contribution in [0.25, 0.3) is 0 Å². The molecule has 4 heteroatoms. The lowest BCUT2D eigenvalue weighted by atomic mass is 10.1. The molecule has 0 atom stereocenters. The van der Waals surface area contributed by atoms with Crippen LogP contribution in [0, 0.1) is 6.92 Å². The van der Waals surface area contributed by atoms with E-state index in [-0.39, 0.29) is 5.91 Å². The number of anilines is 1. The van der Waals surface area contributed by atoms with Gasteiger partial charge in [0.2, 0.25) is 0 Å². The normalized spacial score (nSPS) is 10.0. The number of hydrogen-bond donors (Lipinski definition) is 1. The van der Waals surface area contributed by atoms with E-state index in [0.717, 1.165) is 10.0 Å². The SMILES string of the molecule is C=CCOc1cccc(NC(=O)c2ccc(C)c(Br)c2)c1. The van der Waals surface area contributed by atoms with Gasteiger partial charge < -0.3 is 10.1 Å². The lowest BCUT2D eigenvalue weighted by Gasteiger charge is -2.09. The van der Waals surface area contributed by atoms with Crippen LogP contribution in [-0.2, 0) is 0 Å². The minimum absolute atomic E-state index is 0.156. The van der Waals surface area contributed by atoms with Crippen molar-refractivity contribution in [1.29, 1.82) is 0 Å². The number of halogens is 1. The minimum Gasteiger partial charge on any atom is -0.489 e. The first-order valence-electron chi connectivity index (χ1n) is 6.51. The van der Waals surface area contributed by atoms with E-state index in [1.165, 1.54) is 0 Å². The van der Waals surface area contributed by atoms with Crippen LogP contribution >= 0.6 is 15.9 Å². The molecule has 0 unspecified atom stereocenters. The molecule has 0 spiro atoms. The van der Waals surface area contributed by atoms with Gasteiger partial charge in [0.15, 0.2) is 0 Å². The predicted molar refractivity (Wildman–Crippen MR) is 89.0 cm³/mol. The van der Waals surface area contributed by atoms with Crippen molar-refractivity contribution >= 4 is 27.5 Å². The van der Waals surface area contributed by atoms with Gasteiger partial charge in [0.25, 0.3) is 5.91 Å². The highest BCUT2D eigenvalue weighted by Gasteiger charge is 2.08. The summed E-state index contributed by atoms with van der Waals surface area (Å²) in [6.07, 6.45) is 1.68. The van der Waals surface area contributed by atoms with Gasteiger partial charge in [-0.25, -0.2) is 0 Å². The van der Waals surface area contributed by atoms with E-state index < -0.39 is 0 Å². The van der Waals surface area contributed by atoms with Gasteiger partial charge in [-0.3, -0.25) is 4.79 Å². The fraction of sp³-hybridized carbons (Fsp3) is 0.118. The first-order chi connectivity index (χ1) is 10.1. The zero-order valence-electron chi connectivity index (χ0n) is 11.7. The van der Waals surface area contributed by atoms with Gasteiger partial charge in [0, 0.05) is 21.8 Å². The van der Waals surface area contributed by atoms with Crippen LogP contribution in [0.2, 0.25) is 0 Å². The van der Waals surface area contributed by atoms with E-state index in [9.17, 15) is 4.79 Å². The number of aryl methyl sites for hydroxylation is 1. The Morgan fingerprint density at radius 2 is 2.14 bits per heavy atom. The Hall–Kier alpha value is -2.07. The molecule has 0 aliphatic carbocycles. The van der Waals surface area contributed by atoms with Gasteiger partial charge in [0.05, 0.1) is 0 Å². The Bertz CT molecular complexity index is 668. The molecule has 0 aromatic heterocycles. The van der Waals surface area contributed by atoms with Crippen molar-refractivity contribution in [3.63, 3.8) is 0 Å². The molecular weight excluding hydrogens is 330 g/mol. The van der Waals surface area contributed by atoms with E-state index in [0.29, 0.717) is 23.6 Å². The number of hydrogen-bond acceptors (Lipinski definition) is 2. The first kappa shape index (κ1) is 15.3. The monoisotopic (exact) mass is 345 g/mol. The smallest absolute Gasteiger partial charge is 0.255 e. The summed E-state index contributed by atoms with van der Waals surface area (Å²) in [7, 11) is 0. The van der Waals surface area contributed by atoms with Crippen LogP contribution in [0.15, 0.2) is 59.6 Å². The van der Waals surface area contributed by atoms with Gasteiger partial charge in [-0.2, -0.15) is 0 Å². The molecule has 2 rings (SSSR count). The molecule has 0 heterocycles. The second kappa shape index (κ2) is 7.09. The van der Waals surface area contributed by atoms with E-state index >= 15 is 0 Å². The fourth-order valence-corrected chi connectivity index (χ4v) is 2.13. The molecule has 0 saturated carbocycles. The highest BCUT2D eigenvalue weighted by molar-refractivity contribution is 9.10. The number of carbonyl (C=O) groups is 1. The highest BCUT2D eigenvalue weighted by atomic mass is 79.9. The number of benzene rings is 2. The minimum atomic E-state index is -0.156. The number of rotatable bonds is 5. The Morgan fingerprint density at radius 3 is 2.86 bits per heavy atom. The Morgan fingerprint density at radius 1 is 1.33 bits per heavy atom. The van der Waals surface area contributed by atoms with Crippen molar-refractivity contribution < 1.29 is 9.53 Å². The lowest BCUT2D eigenvalue weighted by molar-refractivity contribution is 0.102. The second-order valence-corrected chi connectivity index (χ2v) is 5.40. The van der Waals surface area contributed by atoms with E-state index in [4.69, 9.17) is 4.74 Å². The first-order valence-corrected chi connectivity index (χ1v) is 7.30. The van der Waals surface area contributed by atoms with Crippen molar-refractivity contribution in [2.45, 2.75) is 6.92 Å². The Balaban J connectivity index is 2.11. The van der Waals surface area contributed by atoms with E-state index in [1.54, 1.807) is 18.2 Å². The predicted octanol–water partition coefficient (Wildman–Crippen LogP) is 4.57. The average molecular weight is 346 g/mol. The standard InChI is InChI=1S/C17H16BrNO2/c1-3-9-21-15-6-4-5-14(11-15)19-17(20)13-8-7-12(2)16(18)10-13/h3-8,10-11H,1,9H2,2H3,(H,19,20). The third kappa shape index (κ3) is 4.20. The molecular formula is C17H16BrNO2. The number of ether oxygens (including phenoxy) is 1. The molecule has 108 valence electrons. The van der Waals surface area contributed by atoms with Crippen molar-refractivity contribution in [2.24, 2.45) is 0 Å². The summed E-state index contributed by atoms with van der Waals surface area (Å²) in [5.74, 6) is 0.536. The topological polar surface area (TPSA) is 38.3 Å². The summed E-state index contributed by atoms with van der Waals surface area (Å²) in [4.78, 5) is 12.2. The summed E-state index contributed by atoms with van der Waals surface area (Å²) in [6.45, 7) is 6.01. The molecule has 1 amide bonds. The van der Waals surface area contributed by atoms with E-state index in [2.05, 4.69) is 27.8 Å². The molecule has 2 aromatic carbocycles. The molecule has 0 aliphatic rings. The van der Waals surface area contributed by atoms with Crippen molar-refractivity contribution in [2.75, 3.05) is 11.9 Å². The molecule has 0 bridgehead atoms. The maximum atomic E-state index is 12.2. The van der Waals surface area contributed by atoms with Crippen LogP contribution in [0.3, 0.4) is 0 Å². The highest BCUT2D eigenvalue weighted by Crippen LogP contribution is 2.20. The molecule has 3 nitrogen and oxygen atoms in total. The lowest BCUT2D eigenvalue weighted by Crippen LogP contribution is -2.12. The van der Waals surface area contributed by atoms with Crippen LogP contribution in [0.1, 0.15) is 15.9 Å². The van der Waals surface area contributed by atoms with E-state index in [1.807, 2.05) is 37.3 Å². The van der Waals surface area contributed by atoms with Crippen LogP contribution in [0.4, 0.5) is 5.69 Å². The third-order valence-electron chi connectivity index (χ3n) is 2.89. The van der Waals surface area contributed by atoms with Gasteiger partial charge in [-0.15, -0.1) is 0 Å². The van der Waals surface area contributed by atoms with Crippen LogP contribution < -0.4 is 10.1 Å². The van der Waals surface area contributed by atoms with Gasteiger partial charge >= 0.3 is 0 Å². The maximum Gasteiger partial charge on any atom is 0.255 e. The zero-order chi connectivity index (χ0) is 15.2. The summed E-state index contributed by atoms with van der Waals surface area (Å²) in [5, 5.41) is 2.86. The second-order valence-electron chi connectivity index (χ2n) is 4.55. The Kier molecular flexibility index (Phi) is 5.17. The molecule has 0 radical (unpaired) electrons. The van der Waals surface area contributed by atoms with Gasteiger partial charge in [0.1, 0.15) is 12.4 Å². The average Bonchev–Trinajstić information content (AvgIpc) is 2.48. The molecule has 2 aromatic rings. The van der Waals surface area contributed by atoms with Crippen LogP contribution in [-0.4, -0.2) is 12.5 Å². The van der Waals surface area contributed by atoms with Crippen molar-refractivity contribution in [3.8, 4) is 5.75 Å². The van der Waals surface area contributed by atoms with Crippen molar-refractivity contribution in [1.82, 2.24) is 0 Å². The summed E-state index contributed by atoms with van der Waals surface area (Å²) < 4.78 is 6.36. The van der Waals surface area contributed by atoms with Crippen LogP contribution in [0.5, 0.6) is 5.75 Å². The van der Waals surface area contributed by atoms with Gasteiger partial charge in [-0.05, 0) is 36.8 Å². The molecule has 21 heavy (non-hydrogen) atoms. The Labute approximate surface area is 132 Å². The third-order valence-corrected chi connectivity index (χ3v) is 3.75. The summed E-state index contributed by atoms with van der Waals surface area (Å²) in [6, 6.07) is 12.8. The zero-order valence-corrected chi connectivity index (χ0v) is 13.3.